The molecule has 1 saturated carbocycles. The number of rotatable bonds is 6. The van der Waals surface area contributed by atoms with Crippen LogP contribution in [-0.4, -0.2) is 21.5 Å². The number of aryl methyl sites for hydroxylation is 3. The molecule has 4 aromatic rings. The lowest BCUT2D eigenvalue weighted by molar-refractivity contribution is -0.140. The maximum Gasteiger partial charge on any atom is 0.412 e. The molecular weight excluding hydrogens is 532 g/mol. The van der Waals surface area contributed by atoms with Gasteiger partial charge in [0.1, 0.15) is 6.10 Å². The van der Waals surface area contributed by atoms with Gasteiger partial charge >= 0.3 is 12.1 Å². The topological polar surface area (TPSA) is 88.5 Å². The van der Waals surface area contributed by atoms with Crippen LogP contribution in [0.3, 0.4) is 0 Å². The monoisotopic (exact) mass is 558 g/mol. The molecule has 2 aliphatic rings. The first-order valence-electron chi connectivity index (χ1n) is 13.0. The summed E-state index contributed by atoms with van der Waals surface area (Å²) in [5.41, 5.74) is 8.05. The number of carbonyl (C=O) groups excluding carboxylic acids is 1. The lowest BCUT2D eigenvalue weighted by Gasteiger charge is -2.23. The molecule has 1 amide bonds. The molecule has 1 aromatic heterocycles. The number of carbonyl (C=O) groups is 2. The Morgan fingerprint density at radius 1 is 1.05 bits per heavy atom. The number of anilines is 1. The highest BCUT2D eigenvalue weighted by atomic mass is 35.5. The number of amides is 1. The minimum atomic E-state index is -0.727. The number of hydrogen-bond donors (Lipinski definition) is 2. The number of halogens is 1. The fourth-order valence-corrected chi connectivity index (χ4v) is 6.59. The van der Waals surface area contributed by atoms with Crippen LogP contribution >= 0.6 is 23.1 Å². The molecule has 6 nitrogen and oxygen atoms in total. The molecule has 1 heterocycles. The maximum absolute atomic E-state index is 12.8. The van der Waals surface area contributed by atoms with E-state index in [2.05, 4.69) is 40.0 Å². The van der Waals surface area contributed by atoms with Crippen molar-refractivity contribution in [2.45, 2.75) is 51.0 Å². The summed E-state index contributed by atoms with van der Waals surface area (Å²) in [6.07, 6.45) is 2.05. The van der Waals surface area contributed by atoms with Crippen molar-refractivity contribution in [2.24, 2.45) is 0 Å². The molecule has 3 aromatic carbocycles. The van der Waals surface area contributed by atoms with Crippen molar-refractivity contribution >= 4 is 40.9 Å². The Balaban J connectivity index is 1.24. The fourth-order valence-electron chi connectivity index (χ4n) is 5.46. The zero-order chi connectivity index (χ0) is 27.3. The van der Waals surface area contributed by atoms with E-state index in [9.17, 15) is 14.7 Å². The number of nitrogens with zero attached hydrogens (tertiary/aromatic N) is 1. The van der Waals surface area contributed by atoms with E-state index >= 15 is 0 Å². The van der Waals surface area contributed by atoms with E-state index < -0.39 is 23.6 Å². The normalized spacial score (nSPS) is 15.6. The lowest BCUT2D eigenvalue weighted by atomic mass is 9.82. The minimum absolute atomic E-state index is 0.510. The van der Waals surface area contributed by atoms with Crippen molar-refractivity contribution in [3.63, 3.8) is 0 Å². The van der Waals surface area contributed by atoms with Gasteiger partial charge in [0.15, 0.2) is 0 Å². The largest absolute Gasteiger partial charge is 0.481 e. The van der Waals surface area contributed by atoms with Crippen molar-refractivity contribution in [1.29, 1.82) is 0 Å². The van der Waals surface area contributed by atoms with E-state index in [1.54, 1.807) is 13.0 Å². The molecule has 1 atom stereocenters. The Morgan fingerprint density at radius 3 is 2.44 bits per heavy atom. The van der Waals surface area contributed by atoms with Crippen LogP contribution < -0.4 is 5.32 Å². The predicted molar refractivity (Wildman–Crippen MR) is 154 cm³/mol. The molecule has 2 N–H and O–H groups in total. The van der Waals surface area contributed by atoms with Crippen LogP contribution in [0.25, 0.3) is 21.6 Å². The molecule has 39 heavy (non-hydrogen) atoms. The number of carboxylic acids is 1. The van der Waals surface area contributed by atoms with Gasteiger partial charge in [-0.3, -0.25) is 10.1 Å². The molecule has 0 spiro atoms. The Morgan fingerprint density at radius 2 is 1.74 bits per heavy atom. The maximum atomic E-state index is 12.8. The molecule has 0 saturated heterocycles. The van der Waals surface area contributed by atoms with E-state index in [-0.39, 0.29) is 0 Å². The standard InChI is InChI=1S/C31H27ClN2O4S/c1-17-27(33-30(37)38-18(2)23-5-3-4-6-26(23)32)28(39-34-17)21-9-11-24-19(15-21)7-8-20-16-22(10-12-25(20)24)31(13-14-31)29(35)36/h3-6,9-12,15-16,18H,7-8,13-14H2,1-2H3,(H,33,37)(H,35,36)/t18-/m1/s1. The Labute approximate surface area is 235 Å². The first-order valence-corrected chi connectivity index (χ1v) is 14.1. The first-order chi connectivity index (χ1) is 18.8. The highest BCUT2D eigenvalue weighted by molar-refractivity contribution is 7.10. The van der Waals surface area contributed by atoms with Gasteiger partial charge in [-0.05, 0) is 96.6 Å². The summed E-state index contributed by atoms with van der Waals surface area (Å²) in [4.78, 5) is 25.5. The number of nitrogens with one attached hydrogen (secondary N) is 1. The lowest BCUT2D eigenvalue weighted by Crippen LogP contribution is -2.20. The third-order valence-corrected chi connectivity index (χ3v) is 9.19. The molecule has 2 aliphatic carbocycles. The van der Waals surface area contributed by atoms with Gasteiger partial charge in [-0.15, -0.1) is 0 Å². The third kappa shape index (κ3) is 4.60. The Bertz CT molecular complexity index is 1620. The quantitative estimate of drug-likeness (QED) is 0.250. The summed E-state index contributed by atoms with van der Waals surface area (Å²) >= 11 is 7.61. The van der Waals surface area contributed by atoms with Gasteiger partial charge in [-0.25, -0.2) is 4.79 Å². The molecule has 0 bridgehead atoms. The second kappa shape index (κ2) is 9.81. The van der Waals surface area contributed by atoms with Crippen LogP contribution in [0, 0.1) is 6.92 Å². The molecule has 0 radical (unpaired) electrons. The summed E-state index contributed by atoms with van der Waals surface area (Å²) in [5.74, 6) is -0.727. The molecular formula is C31H27ClN2O4S. The van der Waals surface area contributed by atoms with E-state index in [1.807, 2.05) is 31.2 Å². The van der Waals surface area contributed by atoms with Crippen molar-refractivity contribution in [3.05, 3.63) is 93.6 Å². The van der Waals surface area contributed by atoms with Gasteiger partial charge in [0.05, 0.1) is 21.7 Å². The number of hydrogen-bond acceptors (Lipinski definition) is 5. The zero-order valence-electron chi connectivity index (χ0n) is 21.6. The molecule has 1 fully saturated rings. The highest BCUT2D eigenvalue weighted by Crippen LogP contribution is 2.50. The highest BCUT2D eigenvalue weighted by Gasteiger charge is 2.51. The molecule has 8 heteroatoms. The van der Waals surface area contributed by atoms with Crippen LogP contribution in [0.4, 0.5) is 10.5 Å². The van der Waals surface area contributed by atoms with E-state index in [0.29, 0.717) is 23.6 Å². The van der Waals surface area contributed by atoms with E-state index in [1.165, 1.54) is 22.7 Å². The van der Waals surface area contributed by atoms with Crippen LogP contribution in [0.1, 0.15) is 53.8 Å². The van der Waals surface area contributed by atoms with Crippen molar-refractivity contribution < 1.29 is 19.4 Å². The summed E-state index contributed by atoms with van der Waals surface area (Å²) in [5, 5.41) is 13.2. The van der Waals surface area contributed by atoms with Gasteiger partial charge in [0.25, 0.3) is 0 Å². The minimum Gasteiger partial charge on any atom is -0.481 e. The Hall–Kier alpha value is -3.68. The molecule has 198 valence electrons. The number of fused-ring (bicyclic) bond motifs is 3. The average Bonchev–Trinajstić information content (AvgIpc) is 3.67. The van der Waals surface area contributed by atoms with E-state index in [4.69, 9.17) is 16.3 Å². The molecule has 0 aliphatic heterocycles. The van der Waals surface area contributed by atoms with Crippen LogP contribution in [0.15, 0.2) is 60.7 Å². The van der Waals surface area contributed by atoms with Crippen molar-refractivity contribution in [1.82, 2.24) is 4.37 Å². The summed E-state index contributed by atoms with van der Waals surface area (Å²) in [6, 6.07) is 19.8. The van der Waals surface area contributed by atoms with Gasteiger partial charge < -0.3 is 9.84 Å². The number of aliphatic carboxylic acids is 1. The zero-order valence-corrected chi connectivity index (χ0v) is 23.2. The molecule has 0 unspecified atom stereocenters. The van der Waals surface area contributed by atoms with E-state index in [0.717, 1.165) is 51.2 Å². The van der Waals surface area contributed by atoms with Crippen LogP contribution in [0.5, 0.6) is 0 Å². The van der Waals surface area contributed by atoms with Crippen molar-refractivity contribution in [3.8, 4) is 21.6 Å². The van der Waals surface area contributed by atoms with Gasteiger partial charge in [0.2, 0.25) is 0 Å². The Kier molecular flexibility index (Phi) is 6.44. The van der Waals surface area contributed by atoms with Gasteiger partial charge in [-0.1, -0.05) is 60.1 Å². The summed E-state index contributed by atoms with van der Waals surface area (Å²) in [7, 11) is 0. The number of carboxylic acid groups (broad SMARTS) is 1. The number of aromatic nitrogens is 1. The van der Waals surface area contributed by atoms with Gasteiger partial charge in [0, 0.05) is 10.6 Å². The smallest absolute Gasteiger partial charge is 0.412 e. The average molecular weight is 559 g/mol. The van der Waals surface area contributed by atoms with Crippen LogP contribution in [-0.2, 0) is 27.8 Å². The van der Waals surface area contributed by atoms with Crippen molar-refractivity contribution in [2.75, 3.05) is 5.32 Å². The summed E-state index contributed by atoms with van der Waals surface area (Å²) in [6.45, 7) is 3.65. The first kappa shape index (κ1) is 25.6. The third-order valence-electron chi connectivity index (χ3n) is 7.86. The molecule has 6 rings (SSSR count). The van der Waals surface area contributed by atoms with Gasteiger partial charge in [-0.2, -0.15) is 4.37 Å². The van der Waals surface area contributed by atoms with Crippen LogP contribution in [0.2, 0.25) is 5.02 Å². The fraction of sp³-hybridized carbons (Fsp3) is 0.258. The second-order valence-electron chi connectivity index (χ2n) is 10.3. The number of benzene rings is 3. The SMILES string of the molecule is Cc1nsc(-c2ccc3c(c2)CCc2cc(C4(C(=O)O)CC4)ccc2-3)c1NC(=O)O[C@H](C)c1ccccc1Cl. The predicted octanol–water partition coefficient (Wildman–Crippen LogP) is 7.96. The second-order valence-corrected chi connectivity index (χ2v) is 11.5. The summed E-state index contributed by atoms with van der Waals surface area (Å²) < 4.78 is 10.1. The number of ether oxygens (including phenoxy) is 1.